The van der Waals surface area contributed by atoms with Crippen molar-refractivity contribution in [3.63, 3.8) is 0 Å². The summed E-state index contributed by atoms with van der Waals surface area (Å²) in [5.41, 5.74) is 1.42. The number of carbonyl (C=O) groups is 2. The summed E-state index contributed by atoms with van der Waals surface area (Å²) in [5.74, 6) is 0.397. The molecular formula is C16H25ClN2O2. The number of amides is 2. The molecular weight excluding hydrogens is 288 g/mol. The van der Waals surface area contributed by atoms with Crippen LogP contribution in [0.3, 0.4) is 0 Å². The minimum Gasteiger partial charge on any atom is -0.342 e. The Morgan fingerprint density at radius 2 is 1.95 bits per heavy atom. The van der Waals surface area contributed by atoms with Gasteiger partial charge in [0.05, 0.1) is 0 Å². The highest BCUT2D eigenvalue weighted by molar-refractivity contribution is 6.25. The molecule has 2 unspecified atom stereocenters. The van der Waals surface area contributed by atoms with Crippen molar-refractivity contribution in [2.75, 3.05) is 6.54 Å². The smallest absolute Gasteiger partial charge is 0.246 e. The first-order valence-electron chi connectivity index (χ1n) is 7.92. The Balaban J connectivity index is 2.22. The van der Waals surface area contributed by atoms with Crippen LogP contribution in [0.15, 0.2) is 11.6 Å². The molecule has 0 aromatic carbocycles. The molecule has 1 heterocycles. The van der Waals surface area contributed by atoms with E-state index >= 15 is 0 Å². The average molecular weight is 313 g/mol. The van der Waals surface area contributed by atoms with Crippen LogP contribution in [0.2, 0.25) is 0 Å². The first kappa shape index (κ1) is 16.3. The van der Waals surface area contributed by atoms with Gasteiger partial charge < -0.3 is 10.2 Å². The summed E-state index contributed by atoms with van der Waals surface area (Å²) in [6.45, 7) is 4.33. The van der Waals surface area contributed by atoms with Crippen molar-refractivity contribution >= 4 is 23.4 Å². The highest BCUT2D eigenvalue weighted by Gasteiger charge is 2.44. The van der Waals surface area contributed by atoms with Crippen molar-refractivity contribution in [2.45, 2.75) is 58.0 Å². The first-order valence-corrected chi connectivity index (χ1v) is 8.36. The molecule has 1 saturated heterocycles. The molecule has 2 amide bonds. The van der Waals surface area contributed by atoms with E-state index in [-0.39, 0.29) is 29.7 Å². The van der Waals surface area contributed by atoms with Gasteiger partial charge in [-0.15, -0.1) is 0 Å². The van der Waals surface area contributed by atoms with Gasteiger partial charge in [0.15, 0.2) is 0 Å². The van der Waals surface area contributed by atoms with Crippen LogP contribution in [-0.4, -0.2) is 35.3 Å². The molecule has 0 spiro atoms. The highest BCUT2D eigenvalue weighted by atomic mass is 35.5. The minimum atomic E-state index is -0.416. The molecule has 1 aliphatic carbocycles. The van der Waals surface area contributed by atoms with Gasteiger partial charge in [-0.25, -0.2) is 0 Å². The van der Waals surface area contributed by atoms with Crippen molar-refractivity contribution in [3.05, 3.63) is 11.6 Å². The van der Waals surface area contributed by atoms with Crippen molar-refractivity contribution in [1.82, 2.24) is 10.2 Å². The predicted octanol–water partition coefficient (Wildman–Crippen LogP) is 2.67. The van der Waals surface area contributed by atoms with Gasteiger partial charge in [-0.2, -0.15) is 0 Å². The van der Waals surface area contributed by atoms with E-state index in [9.17, 15) is 9.59 Å². The maximum absolute atomic E-state index is 12.7. The van der Waals surface area contributed by atoms with Gasteiger partial charge in [-0.3, -0.25) is 9.59 Å². The Bertz CT molecular complexity index is 417. The Morgan fingerprint density at radius 3 is 2.52 bits per heavy atom. The fourth-order valence-corrected chi connectivity index (χ4v) is 3.56. The van der Waals surface area contributed by atoms with Crippen LogP contribution in [0.25, 0.3) is 0 Å². The molecule has 0 aromatic rings. The molecule has 5 heteroatoms. The molecule has 2 fully saturated rings. The van der Waals surface area contributed by atoms with Crippen molar-refractivity contribution in [3.8, 4) is 0 Å². The Hall–Kier alpha value is -1.03. The third-order valence-corrected chi connectivity index (χ3v) is 4.78. The zero-order valence-electron chi connectivity index (χ0n) is 12.8. The van der Waals surface area contributed by atoms with E-state index in [1.165, 1.54) is 12.0 Å². The number of rotatable bonds is 4. The lowest BCUT2D eigenvalue weighted by Crippen LogP contribution is -2.66. The van der Waals surface area contributed by atoms with Crippen molar-refractivity contribution in [2.24, 2.45) is 11.8 Å². The maximum atomic E-state index is 12.7. The van der Waals surface area contributed by atoms with Crippen LogP contribution < -0.4 is 5.32 Å². The number of carbonyl (C=O) groups excluding carboxylic acids is 2. The van der Waals surface area contributed by atoms with Gasteiger partial charge in [-0.05, 0) is 24.7 Å². The van der Waals surface area contributed by atoms with Crippen molar-refractivity contribution in [1.29, 1.82) is 0 Å². The second-order valence-corrected chi connectivity index (χ2v) is 6.68. The molecule has 4 nitrogen and oxygen atoms in total. The van der Waals surface area contributed by atoms with Crippen LogP contribution in [0.1, 0.15) is 46.0 Å². The predicted molar refractivity (Wildman–Crippen MR) is 83.8 cm³/mol. The maximum Gasteiger partial charge on any atom is 0.246 e. The van der Waals surface area contributed by atoms with E-state index in [1.54, 1.807) is 11.0 Å². The lowest BCUT2D eigenvalue weighted by atomic mass is 9.81. The van der Waals surface area contributed by atoms with Crippen LogP contribution in [0, 0.1) is 11.8 Å². The number of nitrogens with one attached hydrogen (secondary N) is 1. The monoisotopic (exact) mass is 312 g/mol. The quantitative estimate of drug-likeness (QED) is 0.867. The third kappa shape index (κ3) is 3.60. The lowest BCUT2D eigenvalue weighted by Gasteiger charge is -2.44. The normalized spacial score (nSPS) is 28.5. The minimum absolute atomic E-state index is 0.00294. The Morgan fingerprint density at radius 1 is 1.29 bits per heavy atom. The second kappa shape index (κ2) is 7.30. The van der Waals surface area contributed by atoms with Crippen LogP contribution in [0.4, 0.5) is 0 Å². The largest absolute Gasteiger partial charge is 0.342 e. The van der Waals surface area contributed by atoms with Gasteiger partial charge in [0.2, 0.25) is 11.8 Å². The van der Waals surface area contributed by atoms with Gasteiger partial charge in [0, 0.05) is 12.1 Å². The molecule has 118 valence electrons. The molecule has 2 aliphatic rings. The van der Waals surface area contributed by atoms with E-state index in [4.69, 9.17) is 11.6 Å². The first-order chi connectivity index (χ1) is 10.1. The molecule has 0 radical (unpaired) electrons. The summed E-state index contributed by atoms with van der Waals surface area (Å²) >= 11 is 5.62. The zero-order valence-corrected chi connectivity index (χ0v) is 13.6. The number of hydrogen-bond donors (Lipinski definition) is 1. The SMILES string of the molecule is CC(C)C1NC(=O)C(C2CCCCC2)N(C/C=C/Cl)C1=O. The van der Waals surface area contributed by atoms with E-state index in [2.05, 4.69) is 5.32 Å². The molecule has 1 N–H and O–H groups in total. The lowest BCUT2D eigenvalue weighted by molar-refractivity contribution is -0.152. The molecule has 0 aromatic heterocycles. The summed E-state index contributed by atoms with van der Waals surface area (Å²) in [4.78, 5) is 27.0. The van der Waals surface area contributed by atoms with Gasteiger partial charge >= 0.3 is 0 Å². The number of piperazine rings is 1. The topological polar surface area (TPSA) is 49.4 Å². The number of halogens is 1. The molecule has 2 rings (SSSR count). The number of nitrogens with zero attached hydrogens (tertiary/aromatic N) is 1. The van der Waals surface area contributed by atoms with E-state index in [0.29, 0.717) is 6.54 Å². The average Bonchev–Trinajstić information content (AvgIpc) is 2.48. The van der Waals surface area contributed by atoms with Crippen LogP contribution in [-0.2, 0) is 9.59 Å². The van der Waals surface area contributed by atoms with Gasteiger partial charge in [-0.1, -0.05) is 50.8 Å². The Labute approximate surface area is 131 Å². The van der Waals surface area contributed by atoms with Gasteiger partial charge in [0.1, 0.15) is 12.1 Å². The summed E-state index contributed by atoms with van der Waals surface area (Å²) in [5, 5.41) is 2.93. The van der Waals surface area contributed by atoms with Crippen LogP contribution in [0.5, 0.6) is 0 Å². The number of hydrogen-bond acceptors (Lipinski definition) is 2. The third-order valence-electron chi connectivity index (χ3n) is 4.61. The van der Waals surface area contributed by atoms with E-state index < -0.39 is 6.04 Å². The van der Waals surface area contributed by atoms with Gasteiger partial charge in [0.25, 0.3) is 0 Å². The molecule has 2 atom stereocenters. The summed E-state index contributed by atoms with van der Waals surface area (Å²) in [6.07, 6.45) is 7.32. The zero-order chi connectivity index (χ0) is 15.4. The second-order valence-electron chi connectivity index (χ2n) is 6.43. The molecule has 1 aliphatic heterocycles. The van der Waals surface area contributed by atoms with Crippen LogP contribution >= 0.6 is 11.6 Å². The fraction of sp³-hybridized carbons (Fsp3) is 0.750. The van der Waals surface area contributed by atoms with E-state index in [1.807, 2.05) is 13.8 Å². The fourth-order valence-electron chi connectivity index (χ4n) is 3.48. The molecule has 0 bridgehead atoms. The molecule has 21 heavy (non-hydrogen) atoms. The standard InChI is InChI=1S/C16H25ClN2O2/c1-11(2)13-16(21)19(10-6-9-17)14(15(20)18-13)12-7-4-3-5-8-12/h6,9,11-14H,3-5,7-8,10H2,1-2H3,(H,18,20)/b9-6+. The summed E-state index contributed by atoms with van der Waals surface area (Å²) in [7, 11) is 0. The molecule has 1 saturated carbocycles. The van der Waals surface area contributed by atoms with Crippen molar-refractivity contribution < 1.29 is 9.59 Å². The van der Waals surface area contributed by atoms with E-state index in [0.717, 1.165) is 25.7 Å². The summed E-state index contributed by atoms with van der Waals surface area (Å²) in [6, 6.07) is -0.748. The summed E-state index contributed by atoms with van der Waals surface area (Å²) < 4.78 is 0. The highest BCUT2D eigenvalue weighted by Crippen LogP contribution is 2.31. The Kier molecular flexibility index (Phi) is 5.68.